The summed E-state index contributed by atoms with van der Waals surface area (Å²) in [7, 11) is 0. The lowest BCUT2D eigenvalue weighted by molar-refractivity contribution is 0.878. The number of hydrogen-bond donors (Lipinski definition) is 2. The molecule has 0 bridgehead atoms. The first-order valence-corrected chi connectivity index (χ1v) is 8.71. The zero-order valence-corrected chi connectivity index (χ0v) is 15.1. The highest BCUT2D eigenvalue weighted by atomic mass is 15.1. The number of anilines is 1. The van der Waals surface area contributed by atoms with Gasteiger partial charge in [-0.2, -0.15) is 0 Å². The van der Waals surface area contributed by atoms with Crippen LogP contribution in [0, 0.1) is 6.92 Å². The number of nitrogens with two attached hydrogens (primary N) is 1. The summed E-state index contributed by atoms with van der Waals surface area (Å²) in [6.07, 6.45) is 1.86. The standard InChI is InChI=1S/C21H21N5/c1-12(2)20-16-11-14(17-6-7-19(22)26-25-17)4-5-18(16)24-21(20)15-8-9-23-13(3)10-15/h4-12,24H,1-3H3,(H2,22,26). The van der Waals surface area contributed by atoms with Gasteiger partial charge in [-0.3, -0.25) is 4.98 Å². The average molecular weight is 343 g/mol. The number of pyridine rings is 1. The number of nitrogens with zero attached hydrogens (tertiary/aromatic N) is 3. The number of hydrogen-bond acceptors (Lipinski definition) is 4. The molecule has 0 radical (unpaired) electrons. The van der Waals surface area contributed by atoms with Crippen LogP contribution < -0.4 is 5.73 Å². The van der Waals surface area contributed by atoms with Crippen molar-refractivity contribution in [2.24, 2.45) is 0 Å². The smallest absolute Gasteiger partial charge is 0.146 e. The first-order valence-electron chi connectivity index (χ1n) is 8.71. The van der Waals surface area contributed by atoms with E-state index >= 15 is 0 Å². The highest BCUT2D eigenvalue weighted by molar-refractivity contribution is 5.94. The molecule has 0 saturated heterocycles. The van der Waals surface area contributed by atoms with Gasteiger partial charge in [0.2, 0.25) is 0 Å². The number of nitrogen functional groups attached to an aromatic ring is 1. The van der Waals surface area contributed by atoms with E-state index in [-0.39, 0.29) is 0 Å². The van der Waals surface area contributed by atoms with Crippen molar-refractivity contribution in [1.29, 1.82) is 0 Å². The van der Waals surface area contributed by atoms with Crippen LogP contribution in [0.5, 0.6) is 0 Å². The molecule has 0 aliphatic carbocycles. The Morgan fingerprint density at radius 3 is 2.50 bits per heavy atom. The van der Waals surface area contributed by atoms with Crippen molar-refractivity contribution in [2.45, 2.75) is 26.7 Å². The number of H-pyrrole nitrogens is 1. The van der Waals surface area contributed by atoms with Gasteiger partial charge in [0.15, 0.2) is 0 Å². The summed E-state index contributed by atoms with van der Waals surface area (Å²) in [5.41, 5.74) is 13.2. The fraction of sp³-hybridized carbons (Fsp3) is 0.190. The zero-order valence-electron chi connectivity index (χ0n) is 15.1. The van der Waals surface area contributed by atoms with E-state index in [1.54, 1.807) is 6.07 Å². The number of aromatic amines is 1. The lowest BCUT2D eigenvalue weighted by Crippen LogP contribution is -1.94. The summed E-state index contributed by atoms with van der Waals surface area (Å²) in [4.78, 5) is 7.91. The minimum atomic E-state index is 0.375. The van der Waals surface area contributed by atoms with Crippen LogP contribution in [0.3, 0.4) is 0 Å². The van der Waals surface area contributed by atoms with Crippen molar-refractivity contribution < 1.29 is 0 Å². The van der Waals surface area contributed by atoms with Gasteiger partial charge in [-0.25, -0.2) is 0 Å². The van der Waals surface area contributed by atoms with Crippen LogP contribution in [0.1, 0.15) is 31.0 Å². The molecule has 130 valence electrons. The van der Waals surface area contributed by atoms with Gasteiger partial charge in [-0.05, 0) is 54.8 Å². The third-order valence-corrected chi connectivity index (χ3v) is 4.58. The molecule has 5 nitrogen and oxygen atoms in total. The zero-order chi connectivity index (χ0) is 18.3. The van der Waals surface area contributed by atoms with Crippen LogP contribution in [0.2, 0.25) is 0 Å². The lowest BCUT2D eigenvalue weighted by atomic mass is 9.95. The Kier molecular flexibility index (Phi) is 3.92. The summed E-state index contributed by atoms with van der Waals surface area (Å²) in [6.45, 7) is 6.45. The minimum absolute atomic E-state index is 0.375. The van der Waals surface area contributed by atoms with Gasteiger partial charge < -0.3 is 10.7 Å². The maximum Gasteiger partial charge on any atom is 0.146 e. The summed E-state index contributed by atoms with van der Waals surface area (Å²) < 4.78 is 0. The predicted molar refractivity (Wildman–Crippen MR) is 106 cm³/mol. The quantitative estimate of drug-likeness (QED) is 0.565. The Balaban J connectivity index is 1.92. The molecular weight excluding hydrogens is 322 g/mol. The number of fused-ring (bicyclic) bond motifs is 1. The van der Waals surface area contributed by atoms with Gasteiger partial charge in [-0.1, -0.05) is 19.9 Å². The molecule has 5 heteroatoms. The normalized spacial score (nSPS) is 11.4. The Morgan fingerprint density at radius 1 is 0.962 bits per heavy atom. The molecular formula is C21H21N5. The number of aryl methyl sites for hydroxylation is 1. The fourth-order valence-corrected chi connectivity index (χ4v) is 3.40. The van der Waals surface area contributed by atoms with Gasteiger partial charge >= 0.3 is 0 Å². The molecule has 4 aromatic rings. The van der Waals surface area contributed by atoms with Gasteiger partial charge in [0.1, 0.15) is 5.82 Å². The minimum Gasteiger partial charge on any atom is -0.382 e. The van der Waals surface area contributed by atoms with Crippen LogP contribution in [0.15, 0.2) is 48.7 Å². The number of benzene rings is 1. The number of aromatic nitrogens is 4. The Bertz CT molecular complexity index is 1080. The first-order chi connectivity index (χ1) is 12.5. The molecule has 0 amide bonds. The molecule has 3 aromatic heterocycles. The summed E-state index contributed by atoms with van der Waals surface area (Å²) in [5.74, 6) is 0.801. The summed E-state index contributed by atoms with van der Waals surface area (Å²) in [5, 5.41) is 9.39. The maximum absolute atomic E-state index is 5.66. The van der Waals surface area contributed by atoms with E-state index < -0.39 is 0 Å². The largest absolute Gasteiger partial charge is 0.382 e. The molecule has 3 heterocycles. The molecule has 0 unspecified atom stereocenters. The van der Waals surface area contributed by atoms with Crippen molar-refractivity contribution in [3.8, 4) is 22.5 Å². The van der Waals surface area contributed by atoms with Gasteiger partial charge in [-0.15, -0.1) is 10.2 Å². The van der Waals surface area contributed by atoms with Crippen LogP contribution in [0.25, 0.3) is 33.4 Å². The molecule has 4 rings (SSSR count). The van der Waals surface area contributed by atoms with Crippen LogP contribution in [-0.4, -0.2) is 20.2 Å². The van der Waals surface area contributed by atoms with E-state index in [0.717, 1.165) is 33.7 Å². The number of nitrogens with one attached hydrogen (secondary N) is 1. The highest BCUT2D eigenvalue weighted by Crippen LogP contribution is 2.37. The van der Waals surface area contributed by atoms with Crippen LogP contribution in [-0.2, 0) is 0 Å². The molecule has 3 N–H and O–H groups in total. The second-order valence-corrected chi connectivity index (χ2v) is 6.86. The highest BCUT2D eigenvalue weighted by Gasteiger charge is 2.17. The average Bonchev–Trinajstić information content (AvgIpc) is 3.01. The summed E-state index contributed by atoms with van der Waals surface area (Å²) in [6, 6.07) is 14.2. The van der Waals surface area contributed by atoms with Crippen LogP contribution in [0.4, 0.5) is 5.82 Å². The van der Waals surface area contributed by atoms with Gasteiger partial charge in [0.05, 0.1) is 11.4 Å². The van der Waals surface area contributed by atoms with E-state index in [0.29, 0.717) is 11.7 Å². The molecule has 0 atom stereocenters. The maximum atomic E-state index is 5.66. The molecule has 0 fully saturated rings. The van der Waals surface area contributed by atoms with Crippen molar-refractivity contribution in [2.75, 3.05) is 5.73 Å². The predicted octanol–water partition coefficient (Wildman–Crippen LogP) is 4.70. The molecule has 26 heavy (non-hydrogen) atoms. The van der Waals surface area contributed by atoms with E-state index in [9.17, 15) is 0 Å². The Labute approximate surface area is 152 Å². The molecule has 0 aliphatic rings. The molecule has 0 aliphatic heterocycles. The topological polar surface area (TPSA) is 80.5 Å². The monoisotopic (exact) mass is 343 g/mol. The van der Waals surface area contributed by atoms with Crippen molar-refractivity contribution >= 4 is 16.7 Å². The van der Waals surface area contributed by atoms with Crippen molar-refractivity contribution in [3.63, 3.8) is 0 Å². The fourth-order valence-electron chi connectivity index (χ4n) is 3.40. The van der Waals surface area contributed by atoms with E-state index in [1.807, 2.05) is 19.2 Å². The molecule has 0 saturated carbocycles. The van der Waals surface area contributed by atoms with Gasteiger partial charge in [0, 0.05) is 33.9 Å². The third-order valence-electron chi connectivity index (χ3n) is 4.58. The van der Waals surface area contributed by atoms with E-state index in [2.05, 4.69) is 64.3 Å². The van der Waals surface area contributed by atoms with E-state index in [4.69, 9.17) is 5.73 Å². The molecule has 1 aromatic carbocycles. The number of rotatable bonds is 3. The Morgan fingerprint density at radius 2 is 1.81 bits per heavy atom. The lowest BCUT2D eigenvalue weighted by Gasteiger charge is -2.09. The second kappa shape index (κ2) is 6.26. The Hall–Kier alpha value is -3.21. The van der Waals surface area contributed by atoms with E-state index in [1.165, 1.54) is 10.9 Å². The van der Waals surface area contributed by atoms with Crippen molar-refractivity contribution in [3.05, 3.63) is 59.9 Å². The first kappa shape index (κ1) is 16.3. The summed E-state index contributed by atoms with van der Waals surface area (Å²) >= 11 is 0. The molecule has 0 spiro atoms. The van der Waals surface area contributed by atoms with Crippen LogP contribution >= 0.6 is 0 Å². The van der Waals surface area contributed by atoms with Gasteiger partial charge in [0.25, 0.3) is 0 Å². The second-order valence-electron chi connectivity index (χ2n) is 6.86. The third kappa shape index (κ3) is 2.81. The SMILES string of the molecule is Cc1cc(-c2[nH]c3ccc(-c4ccc(N)nn4)cc3c2C(C)C)ccn1. The van der Waals surface area contributed by atoms with Crippen molar-refractivity contribution in [1.82, 2.24) is 20.2 Å².